The van der Waals surface area contributed by atoms with Gasteiger partial charge in [-0.1, -0.05) is 0 Å². The van der Waals surface area contributed by atoms with Gasteiger partial charge in [0.15, 0.2) is 0 Å². The highest BCUT2D eigenvalue weighted by Gasteiger charge is 2.11. The quantitative estimate of drug-likeness (QED) is 0.807. The van der Waals surface area contributed by atoms with Gasteiger partial charge in [-0.05, 0) is 38.2 Å². The minimum absolute atomic E-state index is 0.139. The molecule has 0 saturated carbocycles. The molecule has 0 aliphatic carbocycles. The van der Waals surface area contributed by atoms with Crippen LogP contribution in [0, 0.1) is 5.82 Å². The maximum atomic E-state index is 12.7. The van der Waals surface area contributed by atoms with Gasteiger partial charge in [-0.2, -0.15) is 0 Å². The van der Waals surface area contributed by atoms with Gasteiger partial charge in [0, 0.05) is 18.3 Å². The van der Waals surface area contributed by atoms with E-state index in [0.29, 0.717) is 12.2 Å². The number of nitrogens with zero attached hydrogens (tertiary/aromatic N) is 1. The fourth-order valence-electron chi connectivity index (χ4n) is 1.30. The molecule has 0 radical (unpaired) electrons. The zero-order valence-corrected chi connectivity index (χ0v) is 10.1. The maximum Gasteiger partial charge on any atom is 0.238 e. The smallest absolute Gasteiger partial charge is 0.238 e. The second-order valence-electron chi connectivity index (χ2n) is 4.05. The van der Waals surface area contributed by atoms with E-state index in [-0.39, 0.29) is 24.3 Å². The van der Waals surface area contributed by atoms with E-state index in [9.17, 15) is 9.18 Å². The van der Waals surface area contributed by atoms with Gasteiger partial charge in [-0.25, -0.2) is 4.39 Å². The van der Waals surface area contributed by atoms with E-state index in [4.69, 9.17) is 5.73 Å². The van der Waals surface area contributed by atoms with Crippen LogP contribution in [-0.2, 0) is 4.79 Å². The largest absolute Gasteiger partial charge is 0.329 e. The van der Waals surface area contributed by atoms with E-state index in [2.05, 4.69) is 5.32 Å². The molecule has 0 fully saturated rings. The summed E-state index contributed by atoms with van der Waals surface area (Å²) in [5.41, 5.74) is 6.09. The average Bonchev–Trinajstić information content (AvgIpc) is 2.30. The van der Waals surface area contributed by atoms with Crippen molar-refractivity contribution in [1.82, 2.24) is 4.90 Å². The Bertz CT molecular complexity index is 367. The molecule has 1 aromatic carbocycles. The van der Waals surface area contributed by atoms with Gasteiger partial charge in [0.05, 0.1) is 6.54 Å². The zero-order chi connectivity index (χ0) is 12.8. The Hall–Kier alpha value is -1.46. The third-order valence-electron chi connectivity index (χ3n) is 2.61. The molecule has 0 heterocycles. The number of carbonyl (C=O) groups is 1. The summed E-state index contributed by atoms with van der Waals surface area (Å²) in [6, 6.07) is 5.82. The van der Waals surface area contributed by atoms with Crippen molar-refractivity contribution in [2.45, 2.75) is 13.0 Å². The van der Waals surface area contributed by atoms with Crippen molar-refractivity contribution in [3.05, 3.63) is 30.1 Å². The van der Waals surface area contributed by atoms with Crippen LogP contribution in [0.15, 0.2) is 24.3 Å². The molecule has 0 aliphatic rings. The van der Waals surface area contributed by atoms with Crippen molar-refractivity contribution < 1.29 is 9.18 Å². The van der Waals surface area contributed by atoms with Crippen LogP contribution in [-0.4, -0.2) is 37.0 Å². The Morgan fingerprint density at radius 3 is 2.59 bits per heavy atom. The summed E-state index contributed by atoms with van der Waals surface area (Å²) in [5, 5.41) is 2.69. The first-order valence-electron chi connectivity index (χ1n) is 5.48. The Kier molecular flexibility index (Phi) is 5.06. The number of amides is 1. The van der Waals surface area contributed by atoms with Crippen LogP contribution < -0.4 is 11.1 Å². The van der Waals surface area contributed by atoms with E-state index in [0.717, 1.165) is 0 Å². The number of hydrogen-bond donors (Lipinski definition) is 2. The normalized spacial score (nSPS) is 12.5. The van der Waals surface area contributed by atoms with Gasteiger partial charge in [0.2, 0.25) is 5.91 Å². The lowest BCUT2D eigenvalue weighted by Crippen LogP contribution is -2.40. The Morgan fingerprint density at radius 1 is 1.47 bits per heavy atom. The highest BCUT2D eigenvalue weighted by Crippen LogP contribution is 2.08. The van der Waals surface area contributed by atoms with Gasteiger partial charge >= 0.3 is 0 Å². The fraction of sp³-hybridized carbons (Fsp3) is 0.417. The first kappa shape index (κ1) is 13.6. The number of halogens is 1. The van der Waals surface area contributed by atoms with Gasteiger partial charge in [0.25, 0.3) is 0 Å². The highest BCUT2D eigenvalue weighted by molar-refractivity contribution is 5.92. The molecule has 17 heavy (non-hydrogen) atoms. The predicted molar refractivity (Wildman–Crippen MR) is 66.2 cm³/mol. The molecule has 1 amide bonds. The molecule has 3 N–H and O–H groups in total. The van der Waals surface area contributed by atoms with Crippen LogP contribution in [0.3, 0.4) is 0 Å². The van der Waals surface area contributed by atoms with Crippen LogP contribution in [0.5, 0.6) is 0 Å². The Labute approximate surface area is 101 Å². The van der Waals surface area contributed by atoms with Crippen molar-refractivity contribution in [3.8, 4) is 0 Å². The fourth-order valence-corrected chi connectivity index (χ4v) is 1.30. The molecular formula is C12H18FN3O. The van der Waals surface area contributed by atoms with Crippen molar-refractivity contribution in [2.75, 3.05) is 25.5 Å². The number of hydrogen-bond acceptors (Lipinski definition) is 3. The molecule has 0 aromatic heterocycles. The molecule has 0 aliphatic heterocycles. The number of anilines is 1. The summed E-state index contributed by atoms with van der Waals surface area (Å²) in [6.45, 7) is 2.71. The zero-order valence-electron chi connectivity index (χ0n) is 10.1. The monoisotopic (exact) mass is 239 g/mol. The van der Waals surface area contributed by atoms with Gasteiger partial charge in [-0.15, -0.1) is 0 Å². The number of nitrogens with two attached hydrogens (primary N) is 1. The van der Waals surface area contributed by atoms with E-state index < -0.39 is 0 Å². The van der Waals surface area contributed by atoms with Gasteiger partial charge in [-0.3, -0.25) is 9.69 Å². The first-order chi connectivity index (χ1) is 8.02. The lowest BCUT2D eigenvalue weighted by atomic mass is 10.3. The molecule has 94 valence electrons. The molecule has 1 unspecified atom stereocenters. The Morgan fingerprint density at radius 2 is 2.06 bits per heavy atom. The molecule has 1 rings (SSSR count). The molecule has 0 spiro atoms. The highest BCUT2D eigenvalue weighted by atomic mass is 19.1. The number of rotatable bonds is 5. The summed E-state index contributed by atoms with van der Waals surface area (Å²) in [4.78, 5) is 13.5. The standard InChI is InChI=1S/C12H18FN3O/c1-9(7-14)16(2)8-12(17)15-11-5-3-10(13)4-6-11/h3-6,9H,7-8,14H2,1-2H3,(H,15,17). The van der Waals surface area contributed by atoms with Crippen molar-refractivity contribution in [1.29, 1.82) is 0 Å². The van der Waals surface area contributed by atoms with E-state index in [1.165, 1.54) is 24.3 Å². The molecule has 0 saturated heterocycles. The lowest BCUT2D eigenvalue weighted by molar-refractivity contribution is -0.117. The van der Waals surface area contributed by atoms with E-state index >= 15 is 0 Å². The summed E-state index contributed by atoms with van der Waals surface area (Å²) < 4.78 is 12.7. The summed E-state index contributed by atoms with van der Waals surface area (Å²) in [5.74, 6) is -0.462. The van der Waals surface area contributed by atoms with Gasteiger partial charge < -0.3 is 11.1 Å². The summed E-state index contributed by atoms with van der Waals surface area (Å²) in [6.07, 6.45) is 0. The van der Waals surface area contributed by atoms with Crippen molar-refractivity contribution in [3.63, 3.8) is 0 Å². The minimum Gasteiger partial charge on any atom is -0.329 e. The molecule has 1 aromatic rings. The number of carbonyl (C=O) groups excluding carboxylic acids is 1. The molecule has 4 nitrogen and oxygen atoms in total. The number of likely N-dealkylation sites (N-methyl/N-ethyl adjacent to an activating group) is 1. The van der Waals surface area contributed by atoms with Crippen LogP contribution >= 0.6 is 0 Å². The van der Waals surface area contributed by atoms with Crippen LogP contribution in [0.2, 0.25) is 0 Å². The van der Waals surface area contributed by atoms with Crippen LogP contribution in [0.1, 0.15) is 6.92 Å². The molecule has 5 heteroatoms. The van der Waals surface area contributed by atoms with E-state index in [1.807, 2.05) is 18.9 Å². The van der Waals surface area contributed by atoms with Crippen LogP contribution in [0.25, 0.3) is 0 Å². The van der Waals surface area contributed by atoms with Crippen molar-refractivity contribution >= 4 is 11.6 Å². The summed E-state index contributed by atoms with van der Waals surface area (Å²) in [7, 11) is 1.84. The van der Waals surface area contributed by atoms with Crippen molar-refractivity contribution in [2.24, 2.45) is 5.73 Å². The maximum absolute atomic E-state index is 12.7. The van der Waals surface area contributed by atoms with Crippen LogP contribution in [0.4, 0.5) is 10.1 Å². The summed E-state index contributed by atoms with van der Waals surface area (Å²) >= 11 is 0. The van der Waals surface area contributed by atoms with E-state index in [1.54, 1.807) is 0 Å². The average molecular weight is 239 g/mol. The SMILES string of the molecule is CC(CN)N(C)CC(=O)Nc1ccc(F)cc1. The molecule has 1 atom stereocenters. The second-order valence-corrected chi connectivity index (χ2v) is 4.05. The lowest BCUT2D eigenvalue weighted by Gasteiger charge is -2.22. The minimum atomic E-state index is -0.322. The molecule has 0 bridgehead atoms. The number of nitrogens with one attached hydrogen (secondary N) is 1. The first-order valence-corrected chi connectivity index (χ1v) is 5.48. The topological polar surface area (TPSA) is 58.4 Å². The Balaban J connectivity index is 2.47. The van der Waals surface area contributed by atoms with Gasteiger partial charge in [0.1, 0.15) is 5.82 Å². The molecular weight excluding hydrogens is 221 g/mol. The predicted octanol–water partition coefficient (Wildman–Crippen LogP) is 1.04. The third-order valence-corrected chi connectivity index (χ3v) is 2.61. The second kappa shape index (κ2) is 6.32. The number of benzene rings is 1. The third kappa shape index (κ3) is 4.50.